The Morgan fingerprint density at radius 3 is 2.88 bits per heavy atom. The van der Waals surface area contributed by atoms with Crippen molar-refractivity contribution in [2.45, 2.75) is 40.0 Å². The number of furan rings is 1. The van der Waals surface area contributed by atoms with Crippen molar-refractivity contribution in [2.75, 3.05) is 11.9 Å². The second-order valence-corrected chi connectivity index (χ2v) is 7.25. The Bertz CT molecular complexity index is 774. The first-order valence-electron chi connectivity index (χ1n) is 8.19. The molecule has 0 aliphatic heterocycles. The van der Waals surface area contributed by atoms with Crippen LogP contribution in [0.2, 0.25) is 0 Å². The van der Waals surface area contributed by atoms with Crippen LogP contribution in [0.3, 0.4) is 0 Å². The summed E-state index contributed by atoms with van der Waals surface area (Å²) in [4.78, 5) is 26.0. The monoisotopic (exact) mass is 347 g/mol. The molecule has 1 aliphatic carbocycles. The molecule has 6 heteroatoms. The largest absolute Gasteiger partial charge is 0.462 e. The van der Waals surface area contributed by atoms with Gasteiger partial charge in [-0.3, -0.25) is 4.79 Å². The molecule has 3 rings (SSSR count). The van der Waals surface area contributed by atoms with E-state index in [0.29, 0.717) is 28.8 Å². The summed E-state index contributed by atoms with van der Waals surface area (Å²) in [5.74, 6) is 0.783. The van der Waals surface area contributed by atoms with Gasteiger partial charge in [-0.25, -0.2) is 4.79 Å². The Balaban J connectivity index is 1.94. The third-order valence-electron chi connectivity index (χ3n) is 4.18. The predicted molar refractivity (Wildman–Crippen MR) is 92.9 cm³/mol. The highest BCUT2D eigenvalue weighted by atomic mass is 32.1. The summed E-state index contributed by atoms with van der Waals surface area (Å²) in [7, 11) is 0. The van der Waals surface area contributed by atoms with E-state index >= 15 is 0 Å². The molecule has 24 heavy (non-hydrogen) atoms. The zero-order chi connectivity index (χ0) is 17.3. The van der Waals surface area contributed by atoms with Crippen molar-refractivity contribution < 1.29 is 18.7 Å². The fraction of sp³-hybridized carbons (Fsp3) is 0.444. The lowest BCUT2D eigenvalue weighted by Crippen LogP contribution is -2.16. The highest BCUT2D eigenvalue weighted by molar-refractivity contribution is 7.17. The van der Waals surface area contributed by atoms with E-state index in [1.807, 2.05) is 0 Å². The van der Waals surface area contributed by atoms with Gasteiger partial charge in [0.15, 0.2) is 5.76 Å². The minimum Gasteiger partial charge on any atom is -0.462 e. The molecule has 0 unspecified atom stereocenters. The number of nitrogens with one attached hydrogen (secondary N) is 1. The molecule has 0 radical (unpaired) electrons. The molecular weight excluding hydrogens is 326 g/mol. The SMILES string of the molecule is CCOC(=O)c1c(NC(=O)c2ccc(C)o2)sc2c1CC[C@@H](C)C2. The van der Waals surface area contributed by atoms with Crippen molar-refractivity contribution in [3.05, 3.63) is 39.7 Å². The van der Waals surface area contributed by atoms with Crippen molar-refractivity contribution >= 4 is 28.2 Å². The van der Waals surface area contributed by atoms with Crippen LogP contribution in [0, 0.1) is 12.8 Å². The van der Waals surface area contributed by atoms with E-state index in [4.69, 9.17) is 9.15 Å². The minimum absolute atomic E-state index is 0.238. The van der Waals surface area contributed by atoms with Gasteiger partial charge in [-0.15, -0.1) is 11.3 Å². The lowest BCUT2D eigenvalue weighted by Gasteiger charge is -2.18. The van der Waals surface area contributed by atoms with Crippen LogP contribution in [0.25, 0.3) is 0 Å². The molecular formula is C18H21NO4S. The van der Waals surface area contributed by atoms with Gasteiger partial charge in [-0.2, -0.15) is 0 Å². The highest BCUT2D eigenvalue weighted by Crippen LogP contribution is 2.40. The van der Waals surface area contributed by atoms with Crippen LogP contribution in [0.5, 0.6) is 0 Å². The summed E-state index contributed by atoms with van der Waals surface area (Å²) in [5.41, 5.74) is 1.54. The number of carbonyl (C=O) groups excluding carboxylic acids is 2. The van der Waals surface area contributed by atoms with Crippen LogP contribution in [-0.4, -0.2) is 18.5 Å². The molecule has 0 saturated carbocycles. The van der Waals surface area contributed by atoms with Crippen molar-refractivity contribution in [3.63, 3.8) is 0 Å². The average Bonchev–Trinajstić information content (AvgIpc) is 3.10. The zero-order valence-electron chi connectivity index (χ0n) is 14.1. The van der Waals surface area contributed by atoms with E-state index in [9.17, 15) is 9.59 Å². The smallest absolute Gasteiger partial charge is 0.341 e. The Morgan fingerprint density at radius 2 is 2.21 bits per heavy atom. The molecule has 5 nitrogen and oxygen atoms in total. The van der Waals surface area contributed by atoms with E-state index < -0.39 is 0 Å². The molecule has 2 aromatic heterocycles. The normalized spacial score (nSPS) is 16.5. The third-order valence-corrected chi connectivity index (χ3v) is 5.35. The quantitative estimate of drug-likeness (QED) is 0.842. The first-order valence-corrected chi connectivity index (χ1v) is 9.00. The minimum atomic E-state index is -0.365. The van der Waals surface area contributed by atoms with Crippen molar-refractivity contribution in [1.82, 2.24) is 0 Å². The third kappa shape index (κ3) is 3.24. The second kappa shape index (κ2) is 6.81. The van der Waals surface area contributed by atoms with E-state index in [0.717, 1.165) is 24.8 Å². The van der Waals surface area contributed by atoms with E-state index in [1.54, 1.807) is 26.0 Å². The van der Waals surface area contributed by atoms with Crippen molar-refractivity contribution in [2.24, 2.45) is 5.92 Å². The lowest BCUT2D eigenvalue weighted by atomic mass is 9.88. The lowest BCUT2D eigenvalue weighted by molar-refractivity contribution is 0.0526. The summed E-state index contributed by atoms with van der Waals surface area (Å²) in [5, 5.41) is 3.40. The van der Waals surface area contributed by atoms with Crippen LogP contribution < -0.4 is 5.32 Å². The van der Waals surface area contributed by atoms with Gasteiger partial charge in [0, 0.05) is 4.88 Å². The molecule has 0 fully saturated rings. The molecule has 128 valence electrons. The topological polar surface area (TPSA) is 68.5 Å². The Morgan fingerprint density at radius 1 is 1.42 bits per heavy atom. The van der Waals surface area contributed by atoms with Crippen LogP contribution >= 0.6 is 11.3 Å². The maximum Gasteiger partial charge on any atom is 0.341 e. The Labute approximate surface area is 145 Å². The van der Waals surface area contributed by atoms with Crippen LogP contribution in [-0.2, 0) is 17.6 Å². The van der Waals surface area contributed by atoms with Crippen molar-refractivity contribution in [3.8, 4) is 0 Å². The number of thiophene rings is 1. The standard InChI is InChI=1S/C18H21NO4S/c1-4-22-18(21)15-12-7-5-10(2)9-14(12)24-17(15)19-16(20)13-8-6-11(3)23-13/h6,8,10H,4-5,7,9H2,1-3H3,(H,19,20)/t10-/m1/s1. The molecule has 1 atom stereocenters. The number of anilines is 1. The number of fused-ring (bicyclic) bond motifs is 1. The van der Waals surface area contributed by atoms with Gasteiger partial charge in [-0.05, 0) is 56.7 Å². The summed E-state index contributed by atoms with van der Waals surface area (Å²) in [6, 6.07) is 3.37. The Kier molecular flexibility index (Phi) is 4.76. The van der Waals surface area contributed by atoms with Gasteiger partial charge in [0.1, 0.15) is 10.8 Å². The summed E-state index contributed by atoms with van der Waals surface area (Å²) in [6.07, 6.45) is 2.82. The molecule has 0 spiro atoms. The van der Waals surface area contributed by atoms with Crippen LogP contribution in [0.15, 0.2) is 16.5 Å². The number of rotatable bonds is 4. The molecule has 0 saturated heterocycles. The van der Waals surface area contributed by atoms with Gasteiger partial charge < -0.3 is 14.5 Å². The molecule has 2 aromatic rings. The van der Waals surface area contributed by atoms with E-state index in [1.165, 1.54) is 16.2 Å². The molecule has 0 bridgehead atoms. The number of carbonyl (C=O) groups is 2. The van der Waals surface area contributed by atoms with E-state index in [-0.39, 0.29) is 17.6 Å². The summed E-state index contributed by atoms with van der Waals surface area (Å²) >= 11 is 1.48. The molecule has 2 heterocycles. The summed E-state index contributed by atoms with van der Waals surface area (Å²) in [6.45, 7) is 6.08. The van der Waals surface area contributed by atoms with Gasteiger partial charge in [0.25, 0.3) is 5.91 Å². The maximum atomic E-state index is 12.4. The fourth-order valence-corrected chi connectivity index (χ4v) is 4.37. The maximum absolute atomic E-state index is 12.4. The van der Waals surface area contributed by atoms with Gasteiger partial charge >= 0.3 is 5.97 Å². The number of hydrogen-bond acceptors (Lipinski definition) is 5. The molecule has 1 amide bonds. The highest BCUT2D eigenvalue weighted by Gasteiger charge is 2.29. The second-order valence-electron chi connectivity index (χ2n) is 6.14. The Hall–Kier alpha value is -2.08. The van der Waals surface area contributed by atoms with Gasteiger partial charge in [0.2, 0.25) is 0 Å². The predicted octanol–water partition coefficient (Wildman–Crippen LogP) is 4.20. The van der Waals surface area contributed by atoms with E-state index in [2.05, 4.69) is 12.2 Å². The molecule has 0 aromatic carbocycles. The number of hydrogen-bond donors (Lipinski definition) is 1. The average molecular weight is 347 g/mol. The number of ether oxygens (including phenoxy) is 1. The number of amides is 1. The van der Waals surface area contributed by atoms with Crippen LogP contribution in [0.1, 0.15) is 57.4 Å². The molecule has 1 aliphatic rings. The number of aryl methyl sites for hydroxylation is 1. The van der Waals surface area contributed by atoms with Crippen LogP contribution in [0.4, 0.5) is 5.00 Å². The van der Waals surface area contributed by atoms with Crippen molar-refractivity contribution in [1.29, 1.82) is 0 Å². The summed E-state index contributed by atoms with van der Waals surface area (Å²) < 4.78 is 10.6. The first kappa shape index (κ1) is 16.8. The first-order chi connectivity index (χ1) is 11.5. The molecule has 1 N–H and O–H groups in total. The number of esters is 1. The van der Waals surface area contributed by atoms with Gasteiger partial charge in [-0.1, -0.05) is 6.92 Å². The zero-order valence-corrected chi connectivity index (χ0v) is 14.9. The fourth-order valence-electron chi connectivity index (χ4n) is 2.98. The van der Waals surface area contributed by atoms with Gasteiger partial charge in [0.05, 0.1) is 12.2 Å².